The zero-order chi connectivity index (χ0) is 31.4. The molecule has 0 N–H and O–H groups in total. The van der Waals surface area contributed by atoms with Crippen LogP contribution >= 0.6 is 0 Å². The van der Waals surface area contributed by atoms with Crippen LogP contribution in [-0.2, 0) is 39.5 Å². The van der Waals surface area contributed by atoms with Crippen LogP contribution < -0.4 is 4.74 Å². The van der Waals surface area contributed by atoms with Crippen molar-refractivity contribution in [1.29, 1.82) is 0 Å². The Morgan fingerprint density at radius 1 is 1.02 bits per heavy atom. The lowest BCUT2D eigenvalue weighted by molar-refractivity contribution is -0.144. The summed E-state index contributed by atoms with van der Waals surface area (Å²) in [6, 6.07) is 6.31. The number of hydrogen-bond acceptors (Lipinski definition) is 5. The summed E-state index contributed by atoms with van der Waals surface area (Å²) in [7, 11) is 2.91. The van der Waals surface area contributed by atoms with E-state index in [-0.39, 0.29) is 24.3 Å². The van der Waals surface area contributed by atoms with Gasteiger partial charge in [-0.15, -0.1) is 0 Å². The molecular weight excluding hydrogens is 564 g/mol. The molecule has 1 aliphatic rings. The molecule has 0 saturated carbocycles. The molecule has 2 aromatic rings. The number of nitrogens with zero attached hydrogens (tertiary/aromatic N) is 1. The van der Waals surface area contributed by atoms with E-state index in [0.717, 1.165) is 11.1 Å². The van der Waals surface area contributed by atoms with Crippen molar-refractivity contribution in [1.82, 2.24) is 4.90 Å². The lowest BCUT2D eigenvalue weighted by Crippen LogP contribution is -2.45. The van der Waals surface area contributed by atoms with Gasteiger partial charge in [0, 0.05) is 19.2 Å². The van der Waals surface area contributed by atoms with Crippen LogP contribution in [0.25, 0.3) is 0 Å². The molecule has 0 bridgehead atoms. The van der Waals surface area contributed by atoms with Crippen molar-refractivity contribution in [3.8, 4) is 5.75 Å². The monoisotopic (exact) mass is 603 g/mol. The van der Waals surface area contributed by atoms with E-state index in [1.807, 2.05) is 32.0 Å². The highest BCUT2D eigenvalue weighted by Gasteiger charge is 2.39. The van der Waals surface area contributed by atoms with Crippen LogP contribution in [0.2, 0.25) is 0 Å². The topological polar surface area (TPSA) is 48.0 Å². The van der Waals surface area contributed by atoms with E-state index in [4.69, 9.17) is 14.2 Å². The Morgan fingerprint density at radius 3 is 2.31 bits per heavy atom. The van der Waals surface area contributed by atoms with Gasteiger partial charge < -0.3 is 14.2 Å². The summed E-state index contributed by atoms with van der Waals surface area (Å²) < 4.78 is 99.1. The van der Waals surface area contributed by atoms with Crippen molar-refractivity contribution in [3.05, 3.63) is 64.2 Å². The summed E-state index contributed by atoms with van der Waals surface area (Å²) in [6.45, 7) is 7.65. The van der Waals surface area contributed by atoms with Gasteiger partial charge in [-0.3, -0.25) is 9.69 Å². The minimum atomic E-state index is -4.82. The molecule has 0 amide bonds. The van der Waals surface area contributed by atoms with E-state index >= 15 is 0 Å². The van der Waals surface area contributed by atoms with Gasteiger partial charge in [-0.2, -0.15) is 26.3 Å². The average Bonchev–Trinajstić information content (AvgIpc) is 2.92. The van der Waals surface area contributed by atoms with Crippen molar-refractivity contribution in [2.24, 2.45) is 11.8 Å². The molecule has 0 spiro atoms. The molecule has 2 aromatic carbocycles. The van der Waals surface area contributed by atoms with Crippen LogP contribution in [0, 0.1) is 11.8 Å². The maximum absolute atomic E-state index is 13.8. The fourth-order valence-electron chi connectivity index (χ4n) is 5.08. The number of esters is 1. The van der Waals surface area contributed by atoms with E-state index in [1.54, 1.807) is 18.9 Å². The van der Waals surface area contributed by atoms with Crippen molar-refractivity contribution in [2.45, 2.75) is 77.6 Å². The Kier molecular flexibility index (Phi) is 11.0. The Hall–Kier alpha value is -2.79. The quantitative estimate of drug-likeness (QED) is 0.197. The van der Waals surface area contributed by atoms with Gasteiger partial charge in [-0.05, 0) is 80.1 Å². The summed E-state index contributed by atoms with van der Waals surface area (Å²) in [5.41, 5.74) is -0.818. The fourth-order valence-corrected chi connectivity index (χ4v) is 5.08. The molecule has 4 atom stereocenters. The first-order valence-electron chi connectivity index (χ1n) is 14.0. The molecule has 0 aromatic heterocycles. The number of methoxy groups -OCH3 is 1. The summed E-state index contributed by atoms with van der Waals surface area (Å²) in [4.78, 5) is 13.5. The van der Waals surface area contributed by atoms with Gasteiger partial charge in [0.15, 0.2) is 0 Å². The number of carbonyl (C=O) groups excluding carboxylic acids is 1. The minimum Gasteiger partial charge on any atom is -0.487 e. The zero-order valence-electron chi connectivity index (χ0n) is 24.7. The molecule has 4 unspecified atom stereocenters. The molecule has 42 heavy (non-hydrogen) atoms. The molecule has 0 aliphatic carbocycles. The summed E-state index contributed by atoms with van der Waals surface area (Å²) in [6.07, 6.45) is -8.88. The Labute approximate surface area is 243 Å². The van der Waals surface area contributed by atoms with Crippen LogP contribution in [-0.4, -0.2) is 50.4 Å². The lowest BCUT2D eigenvalue weighted by Gasteiger charge is -2.37. The highest BCUT2D eigenvalue weighted by atomic mass is 19.4. The molecular formula is C31H39F6NO4. The lowest BCUT2D eigenvalue weighted by atomic mass is 9.94. The molecule has 1 aliphatic heterocycles. The number of halogens is 6. The van der Waals surface area contributed by atoms with Crippen molar-refractivity contribution in [3.63, 3.8) is 0 Å². The maximum atomic E-state index is 13.8. The van der Waals surface area contributed by atoms with Gasteiger partial charge in [0.1, 0.15) is 18.0 Å². The van der Waals surface area contributed by atoms with E-state index in [0.29, 0.717) is 49.8 Å². The van der Waals surface area contributed by atoms with Gasteiger partial charge in [0.25, 0.3) is 0 Å². The number of aryl methyl sites for hydroxylation is 1. The predicted octanol–water partition coefficient (Wildman–Crippen LogP) is 7.50. The standard InChI is InChI=1S/C31H39F6NO4/c1-18(2)17-41-28(26-12-9-22-8-7-21(14-27(22)42-26)13-19(3)29(39)40-6)16-38(5)20(4)24-15-23(30(32,33)34)10-11-25(24)31(35,36)37/h7-8,10-11,14-15,18-20,26,28H,9,12-13,16-17H2,1-6H3. The SMILES string of the molecule is COC(=O)C(C)Cc1ccc2c(c1)OC(C(CN(C)C(C)c1cc(C(F)(F)F)ccc1C(F)(F)F)OCC(C)C)CC2. The molecule has 0 fully saturated rings. The highest BCUT2D eigenvalue weighted by Crippen LogP contribution is 2.40. The first-order chi connectivity index (χ1) is 19.5. The second kappa shape index (κ2) is 13.7. The third kappa shape index (κ3) is 8.63. The largest absolute Gasteiger partial charge is 0.487 e. The first kappa shape index (κ1) is 33.7. The normalized spacial score (nSPS) is 17.9. The number of likely N-dealkylation sites (N-methyl/N-ethyl adjacent to an activating group) is 1. The minimum absolute atomic E-state index is 0.125. The van der Waals surface area contributed by atoms with Gasteiger partial charge >= 0.3 is 18.3 Å². The van der Waals surface area contributed by atoms with Crippen LogP contribution in [0.15, 0.2) is 36.4 Å². The number of benzene rings is 2. The first-order valence-corrected chi connectivity index (χ1v) is 14.0. The third-order valence-corrected chi connectivity index (χ3v) is 7.58. The van der Waals surface area contributed by atoms with Gasteiger partial charge in [-0.1, -0.05) is 32.9 Å². The van der Waals surface area contributed by atoms with E-state index in [2.05, 4.69) is 0 Å². The van der Waals surface area contributed by atoms with Crippen LogP contribution in [0.5, 0.6) is 5.75 Å². The molecule has 0 radical (unpaired) electrons. The molecule has 0 saturated heterocycles. The van der Waals surface area contributed by atoms with Crippen LogP contribution in [0.4, 0.5) is 26.3 Å². The van der Waals surface area contributed by atoms with Crippen molar-refractivity contribution < 1.29 is 45.3 Å². The second-order valence-corrected chi connectivity index (χ2v) is 11.4. The summed E-state index contributed by atoms with van der Waals surface area (Å²) in [5, 5.41) is 0. The number of fused-ring (bicyclic) bond motifs is 1. The molecule has 1 heterocycles. The van der Waals surface area contributed by atoms with Gasteiger partial charge in [0.2, 0.25) is 0 Å². The molecule has 234 valence electrons. The van der Waals surface area contributed by atoms with Crippen molar-refractivity contribution in [2.75, 3.05) is 27.3 Å². The van der Waals surface area contributed by atoms with Crippen molar-refractivity contribution >= 4 is 5.97 Å². The average molecular weight is 604 g/mol. The summed E-state index contributed by atoms with van der Waals surface area (Å²) >= 11 is 0. The zero-order valence-corrected chi connectivity index (χ0v) is 24.7. The maximum Gasteiger partial charge on any atom is 0.416 e. The third-order valence-electron chi connectivity index (χ3n) is 7.58. The number of rotatable bonds is 11. The van der Waals surface area contributed by atoms with Gasteiger partial charge in [0.05, 0.1) is 24.2 Å². The van der Waals surface area contributed by atoms with Crippen LogP contribution in [0.1, 0.15) is 68.0 Å². The number of carbonyl (C=O) groups is 1. The number of alkyl halides is 6. The highest BCUT2D eigenvalue weighted by molar-refractivity contribution is 5.72. The van der Waals surface area contributed by atoms with E-state index in [1.165, 1.54) is 14.0 Å². The number of hydrogen-bond donors (Lipinski definition) is 0. The second-order valence-electron chi connectivity index (χ2n) is 11.4. The molecule has 3 rings (SSSR count). The predicted molar refractivity (Wildman–Crippen MR) is 146 cm³/mol. The molecule has 5 nitrogen and oxygen atoms in total. The van der Waals surface area contributed by atoms with E-state index in [9.17, 15) is 31.1 Å². The van der Waals surface area contributed by atoms with Gasteiger partial charge in [-0.25, -0.2) is 0 Å². The van der Waals surface area contributed by atoms with E-state index < -0.39 is 47.3 Å². The molecule has 11 heteroatoms. The Morgan fingerprint density at radius 2 is 1.71 bits per heavy atom. The Bertz CT molecular complexity index is 1210. The number of ether oxygens (including phenoxy) is 3. The Balaban J connectivity index is 1.85. The fraction of sp³-hybridized carbons (Fsp3) is 0.581. The van der Waals surface area contributed by atoms with Crippen LogP contribution in [0.3, 0.4) is 0 Å². The smallest absolute Gasteiger partial charge is 0.416 e. The summed E-state index contributed by atoms with van der Waals surface area (Å²) in [5.74, 6) is 0.145.